The number of para-hydroxylation sites is 1. The Balaban J connectivity index is 2.02. The highest BCUT2D eigenvalue weighted by Crippen LogP contribution is 2.03. The maximum absolute atomic E-state index is 12.1. The molecular weight excluding hydrogens is 282 g/mol. The molecule has 0 amide bonds. The van der Waals surface area contributed by atoms with Crippen molar-refractivity contribution < 1.29 is 5.11 Å². The maximum atomic E-state index is 12.1. The molecule has 0 saturated heterocycles. The van der Waals surface area contributed by atoms with Gasteiger partial charge in [0, 0.05) is 19.2 Å². The smallest absolute Gasteiger partial charge is 0.334 e. The molecule has 2 aromatic rings. The average molecular weight is 303 g/mol. The molecule has 2 rings (SSSR count). The van der Waals surface area contributed by atoms with Gasteiger partial charge < -0.3 is 10.4 Å². The lowest BCUT2D eigenvalue weighted by Gasteiger charge is -2.08. The molecule has 0 fully saturated rings. The highest BCUT2D eigenvalue weighted by Gasteiger charge is 2.05. The number of benzene rings is 1. The van der Waals surface area contributed by atoms with E-state index in [2.05, 4.69) is 10.3 Å². The van der Waals surface area contributed by atoms with Crippen molar-refractivity contribution in [1.29, 1.82) is 0 Å². The predicted octanol–water partition coefficient (Wildman–Crippen LogP) is 1.49. The number of aliphatic hydroxyl groups excluding tert-OH is 1. The minimum absolute atomic E-state index is 0.221. The number of aromatic nitrogens is 2. The van der Waals surface area contributed by atoms with Gasteiger partial charge in [0.05, 0.1) is 5.69 Å². The second-order valence-corrected chi connectivity index (χ2v) is 5.06. The Morgan fingerprint density at radius 1 is 1.05 bits per heavy atom. The first kappa shape index (κ1) is 16.0. The molecule has 0 bridgehead atoms. The number of nitrogens with one attached hydrogen (secondary N) is 2. The second-order valence-electron chi connectivity index (χ2n) is 5.06. The number of rotatable bonds is 8. The van der Waals surface area contributed by atoms with Crippen molar-refractivity contribution in [2.24, 2.45) is 0 Å². The van der Waals surface area contributed by atoms with Crippen molar-refractivity contribution in [1.82, 2.24) is 9.55 Å². The number of hydrogen-bond acceptors (Lipinski definition) is 4. The van der Waals surface area contributed by atoms with Crippen LogP contribution in [-0.2, 0) is 0 Å². The number of H-pyrrole nitrogens is 1. The van der Waals surface area contributed by atoms with Crippen molar-refractivity contribution in [3.63, 3.8) is 0 Å². The first-order valence-corrected chi connectivity index (χ1v) is 7.49. The summed E-state index contributed by atoms with van der Waals surface area (Å²) in [4.78, 5) is 26.9. The zero-order valence-electron chi connectivity index (χ0n) is 12.4. The van der Waals surface area contributed by atoms with Crippen molar-refractivity contribution >= 4 is 5.82 Å². The predicted molar refractivity (Wildman–Crippen MR) is 86.7 cm³/mol. The van der Waals surface area contributed by atoms with E-state index in [1.807, 2.05) is 6.07 Å². The summed E-state index contributed by atoms with van der Waals surface area (Å²) in [6, 6.07) is 10.2. The summed E-state index contributed by atoms with van der Waals surface area (Å²) in [7, 11) is 0. The van der Waals surface area contributed by atoms with Crippen LogP contribution < -0.4 is 16.6 Å². The van der Waals surface area contributed by atoms with Crippen LogP contribution in [-0.4, -0.2) is 27.8 Å². The van der Waals surface area contributed by atoms with Crippen molar-refractivity contribution in [3.8, 4) is 5.69 Å². The summed E-state index contributed by atoms with van der Waals surface area (Å²) >= 11 is 0. The lowest BCUT2D eigenvalue weighted by Crippen LogP contribution is -2.33. The number of nitrogens with zero attached hydrogens (tertiary/aromatic N) is 1. The first-order valence-electron chi connectivity index (χ1n) is 7.49. The molecular formula is C16H21N3O3. The van der Waals surface area contributed by atoms with Crippen molar-refractivity contribution in [3.05, 3.63) is 57.2 Å². The summed E-state index contributed by atoms with van der Waals surface area (Å²) in [5.41, 5.74) is -0.275. The number of hydrogen-bond donors (Lipinski definition) is 3. The number of unbranched alkanes of at least 4 members (excludes halogenated alkanes) is 3. The zero-order chi connectivity index (χ0) is 15.8. The normalized spacial score (nSPS) is 10.6. The first-order chi connectivity index (χ1) is 10.7. The summed E-state index contributed by atoms with van der Waals surface area (Å²) < 4.78 is 1.10. The molecule has 1 aromatic carbocycles. The van der Waals surface area contributed by atoms with Crippen LogP contribution in [0.15, 0.2) is 46.0 Å². The van der Waals surface area contributed by atoms with Crippen LogP contribution in [0, 0.1) is 0 Å². The molecule has 6 nitrogen and oxygen atoms in total. The maximum Gasteiger partial charge on any atom is 0.334 e. The molecule has 0 aliphatic heterocycles. The zero-order valence-corrected chi connectivity index (χ0v) is 12.4. The molecule has 22 heavy (non-hydrogen) atoms. The monoisotopic (exact) mass is 303 g/mol. The Labute approximate surface area is 128 Å². The van der Waals surface area contributed by atoms with Crippen LogP contribution in [0.1, 0.15) is 25.7 Å². The summed E-state index contributed by atoms with van der Waals surface area (Å²) in [6.07, 6.45) is 3.71. The molecule has 1 aromatic heterocycles. The Kier molecular flexibility index (Phi) is 5.97. The van der Waals surface area contributed by atoms with E-state index < -0.39 is 5.69 Å². The van der Waals surface area contributed by atoms with Crippen LogP contribution in [0.5, 0.6) is 0 Å². The molecule has 0 atom stereocenters. The van der Waals surface area contributed by atoms with Crippen LogP contribution >= 0.6 is 0 Å². The van der Waals surface area contributed by atoms with Gasteiger partial charge in [-0.3, -0.25) is 9.78 Å². The molecule has 3 N–H and O–H groups in total. The van der Waals surface area contributed by atoms with Gasteiger partial charge >= 0.3 is 5.69 Å². The Morgan fingerprint density at radius 2 is 1.77 bits per heavy atom. The Bertz CT molecular complexity index is 661. The van der Waals surface area contributed by atoms with E-state index in [1.54, 1.807) is 24.3 Å². The molecule has 6 heteroatoms. The summed E-state index contributed by atoms with van der Waals surface area (Å²) in [6.45, 7) is 0.897. The number of anilines is 1. The largest absolute Gasteiger partial charge is 0.396 e. The Hall–Kier alpha value is -2.34. The van der Waals surface area contributed by atoms with Crippen LogP contribution in [0.2, 0.25) is 0 Å². The molecule has 1 heterocycles. The van der Waals surface area contributed by atoms with Gasteiger partial charge in [0.25, 0.3) is 5.56 Å². The third kappa shape index (κ3) is 4.33. The number of aliphatic hydroxyl groups is 1. The minimum atomic E-state index is -0.457. The van der Waals surface area contributed by atoms with Gasteiger partial charge in [0.1, 0.15) is 5.82 Å². The molecule has 0 aliphatic carbocycles. The van der Waals surface area contributed by atoms with Crippen LogP contribution in [0.4, 0.5) is 5.82 Å². The fourth-order valence-electron chi connectivity index (χ4n) is 2.23. The molecule has 0 radical (unpaired) electrons. The van der Waals surface area contributed by atoms with Gasteiger partial charge in [-0.2, -0.15) is 0 Å². The van der Waals surface area contributed by atoms with E-state index in [-0.39, 0.29) is 12.2 Å². The third-order valence-corrected chi connectivity index (χ3v) is 3.35. The van der Waals surface area contributed by atoms with E-state index >= 15 is 0 Å². The van der Waals surface area contributed by atoms with Gasteiger partial charge in [0.15, 0.2) is 0 Å². The van der Waals surface area contributed by atoms with Crippen molar-refractivity contribution in [2.75, 3.05) is 18.5 Å². The molecule has 0 saturated carbocycles. The topological polar surface area (TPSA) is 87.1 Å². The number of aromatic amines is 1. The van der Waals surface area contributed by atoms with Crippen LogP contribution in [0.25, 0.3) is 5.69 Å². The molecule has 0 spiro atoms. The highest BCUT2D eigenvalue weighted by atomic mass is 16.3. The van der Waals surface area contributed by atoms with Gasteiger partial charge in [0.2, 0.25) is 0 Å². The van der Waals surface area contributed by atoms with Crippen molar-refractivity contribution in [2.45, 2.75) is 25.7 Å². The van der Waals surface area contributed by atoms with E-state index in [0.29, 0.717) is 18.1 Å². The summed E-state index contributed by atoms with van der Waals surface area (Å²) in [5, 5.41) is 11.7. The highest BCUT2D eigenvalue weighted by molar-refractivity contribution is 5.36. The van der Waals surface area contributed by atoms with E-state index in [1.165, 1.54) is 6.07 Å². The Morgan fingerprint density at radius 3 is 2.45 bits per heavy atom. The van der Waals surface area contributed by atoms with Gasteiger partial charge in [-0.25, -0.2) is 9.36 Å². The lowest BCUT2D eigenvalue weighted by molar-refractivity contribution is 0.283. The van der Waals surface area contributed by atoms with E-state index in [4.69, 9.17) is 5.11 Å². The SMILES string of the molecule is O=c1cc(NCCCCCCO)[nH]c(=O)n1-c1ccccc1. The van der Waals surface area contributed by atoms with Gasteiger partial charge in [-0.05, 0) is 25.0 Å². The summed E-state index contributed by atoms with van der Waals surface area (Å²) in [5.74, 6) is 0.435. The molecule has 0 aliphatic rings. The lowest BCUT2D eigenvalue weighted by atomic mass is 10.2. The standard InChI is InChI=1S/C16H21N3O3/c20-11-7-2-1-6-10-17-14-12-15(21)19(16(22)18-14)13-8-4-3-5-9-13/h3-5,8-9,12,17,20H,1-2,6-7,10-11H2,(H,18,22). The molecule has 118 valence electrons. The van der Waals surface area contributed by atoms with E-state index in [0.717, 1.165) is 30.3 Å². The third-order valence-electron chi connectivity index (χ3n) is 3.35. The quantitative estimate of drug-likeness (QED) is 0.645. The average Bonchev–Trinajstić information content (AvgIpc) is 2.51. The minimum Gasteiger partial charge on any atom is -0.396 e. The van der Waals surface area contributed by atoms with Crippen LogP contribution in [0.3, 0.4) is 0 Å². The fraction of sp³-hybridized carbons (Fsp3) is 0.375. The second kappa shape index (κ2) is 8.19. The van der Waals surface area contributed by atoms with E-state index in [9.17, 15) is 9.59 Å². The fourth-order valence-corrected chi connectivity index (χ4v) is 2.23. The molecule has 0 unspecified atom stereocenters. The van der Waals surface area contributed by atoms with Gasteiger partial charge in [-0.1, -0.05) is 31.0 Å². The van der Waals surface area contributed by atoms with Gasteiger partial charge in [-0.15, -0.1) is 0 Å².